The minimum Gasteiger partial charge on any atom is -0.394 e. The molecule has 1 aromatic rings. The summed E-state index contributed by atoms with van der Waals surface area (Å²) in [5.74, 6) is 0.103. The highest BCUT2D eigenvalue weighted by Gasteiger charge is 2.34. The number of nitrogens with one attached hydrogen (secondary N) is 1. The Hall–Kier alpha value is -1.40. The fourth-order valence-electron chi connectivity index (χ4n) is 2.53. The molecule has 0 atom stereocenters. The second-order valence-corrected chi connectivity index (χ2v) is 5.93. The largest absolute Gasteiger partial charge is 0.394 e. The summed E-state index contributed by atoms with van der Waals surface area (Å²) in [4.78, 5) is 12.6. The van der Waals surface area contributed by atoms with Crippen LogP contribution in [0.4, 0.5) is 0 Å². The van der Waals surface area contributed by atoms with Crippen LogP contribution in [0.5, 0.6) is 0 Å². The molecule has 1 amide bonds. The number of aromatic nitrogens is 2. The fraction of sp³-hybridized carbons (Fsp3) is 0.733. The lowest BCUT2D eigenvalue weighted by Gasteiger charge is -2.36. The molecule has 0 aliphatic carbocycles. The molecule has 6 heteroatoms. The lowest BCUT2D eigenvalue weighted by molar-refractivity contribution is 0.0123. The average Bonchev–Trinajstić information content (AvgIpc) is 2.93. The Balaban J connectivity index is 2.19. The zero-order chi connectivity index (χ0) is 15.5. The van der Waals surface area contributed by atoms with Gasteiger partial charge in [0.2, 0.25) is 0 Å². The Morgan fingerprint density at radius 3 is 2.71 bits per heavy atom. The molecule has 0 radical (unpaired) electrons. The topological polar surface area (TPSA) is 76.4 Å². The van der Waals surface area contributed by atoms with Crippen molar-refractivity contribution in [1.82, 2.24) is 15.1 Å². The second-order valence-electron chi connectivity index (χ2n) is 5.93. The number of rotatable bonds is 5. The molecular formula is C15H25N3O3. The van der Waals surface area contributed by atoms with Crippen molar-refractivity contribution in [1.29, 1.82) is 0 Å². The maximum absolute atomic E-state index is 12.6. The van der Waals surface area contributed by atoms with Crippen molar-refractivity contribution in [2.24, 2.45) is 0 Å². The minimum absolute atomic E-state index is 0.0700. The Morgan fingerprint density at radius 2 is 2.19 bits per heavy atom. The van der Waals surface area contributed by atoms with Gasteiger partial charge in [-0.25, -0.2) is 0 Å². The molecule has 1 aliphatic heterocycles. The number of nitrogens with zero attached hydrogens (tertiary/aromatic N) is 2. The van der Waals surface area contributed by atoms with Gasteiger partial charge in [0.1, 0.15) is 5.69 Å². The van der Waals surface area contributed by atoms with Crippen molar-refractivity contribution in [3.05, 3.63) is 17.5 Å². The first kappa shape index (κ1) is 16.0. The molecule has 0 saturated carbocycles. The van der Waals surface area contributed by atoms with Crippen LogP contribution < -0.4 is 5.32 Å². The van der Waals surface area contributed by atoms with Gasteiger partial charge in [0.25, 0.3) is 5.91 Å². The van der Waals surface area contributed by atoms with Crippen LogP contribution in [-0.2, 0) is 11.3 Å². The molecule has 2 heterocycles. The highest BCUT2D eigenvalue weighted by molar-refractivity contribution is 5.93. The van der Waals surface area contributed by atoms with Gasteiger partial charge in [0, 0.05) is 19.8 Å². The van der Waals surface area contributed by atoms with Crippen molar-refractivity contribution in [3.63, 3.8) is 0 Å². The Labute approximate surface area is 125 Å². The van der Waals surface area contributed by atoms with Crippen molar-refractivity contribution in [2.45, 2.75) is 51.6 Å². The number of hydrogen-bond donors (Lipinski definition) is 2. The van der Waals surface area contributed by atoms with Gasteiger partial charge in [0.05, 0.1) is 17.8 Å². The highest BCUT2D eigenvalue weighted by Crippen LogP contribution is 2.21. The van der Waals surface area contributed by atoms with Crippen LogP contribution >= 0.6 is 0 Å². The van der Waals surface area contributed by atoms with E-state index in [4.69, 9.17) is 4.74 Å². The zero-order valence-electron chi connectivity index (χ0n) is 13.1. The summed E-state index contributed by atoms with van der Waals surface area (Å²) < 4.78 is 7.03. The second kappa shape index (κ2) is 6.58. The molecular weight excluding hydrogens is 270 g/mol. The molecule has 1 saturated heterocycles. The maximum Gasteiger partial charge on any atom is 0.270 e. The van der Waals surface area contributed by atoms with E-state index in [2.05, 4.69) is 24.3 Å². The quantitative estimate of drug-likeness (QED) is 0.858. The monoisotopic (exact) mass is 295 g/mol. The highest BCUT2D eigenvalue weighted by atomic mass is 16.5. The standard InChI is InChI=1S/C15H25N3O3/c1-4-18-13(9-12(17-18)11(2)3)14(20)16-15(10-19)5-7-21-8-6-15/h9,11,19H,4-8,10H2,1-3H3,(H,16,20). The van der Waals surface area contributed by atoms with Gasteiger partial charge in [-0.2, -0.15) is 5.10 Å². The molecule has 2 rings (SSSR count). The van der Waals surface area contributed by atoms with Crippen LogP contribution in [0.15, 0.2) is 6.07 Å². The molecule has 0 bridgehead atoms. The number of carbonyl (C=O) groups is 1. The van der Waals surface area contributed by atoms with Crippen LogP contribution in [0.3, 0.4) is 0 Å². The van der Waals surface area contributed by atoms with Crippen molar-refractivity contribution >= 4 is 5.91 Å². The smallest absolute Gasteiger partial charge is 0.270 e. The summed E-state index contributed by atoms with van der Waals surface area (Å²) >= 11 is 0. The third-order valence-electron chi connectivity index (χ3n) is 4.05. The summed E-state index contributed by atoms with van der Waals surface area (Å²) in [5.41, 5.74) is 0.892. The van der Waals surface area contributed by atoms with Crippen LogP contribution in [0.25, 0.3) is 0 Å². The van der Waals surface area contributed by atoms with E-state index < -0.39 is 5.54 Å². The predicted octanol–water partition coefficient (Wildman–Crippen LogP) is 1.30. The van der Waals surface area contributed by atoms with E-state index in [1.807, 2.05) is 13.0 Å². The summed E-state index contributed by atoms with van der Waals surface area (Å²) in [6.07, 6.45) is 1.26. The number of carbonyl (C=O) groups excluding carboxylic acids is 1. The van der Waals surface area contributed by atoms with Gasteiger partial charge in [-0.3, -0.25) is 9.48 Å². The van der Waals surface area contributed by atoms with Gasteiger partial charge < -0.3 is 15.2 Å². The molecule has 0 aromatic carbocycles. The Morgan fingerprint density at radius 1 is 1.52 bits per heavy atom. The van der Waals surface area contributed by atoms with Crippen molar-refractivity contribution in [2.75, 3.05) is 19.8 Å². The van der Waals surface area contributed by atoms with Crippen molar-refractivity contribution < 1.29 is 14.6 Å². The molecule has 1 fully saturated rings. The Bertz CT molecular complexity index is 490. The zero-order valence-corrected chi connectivity index (χ0v) is 13.1. The number of aryl methyl sites for hydroxylation is 1. The van der Waals surface area contributed by atoms with Crippen LogP contribution in [0.1, 0.15) is 55.7 Å². The SMILES string of the molecule is CCn1nc(C(C)C)cc1C(=O)NC1(CO)CCOCC1. The van der Waals surface area contributed by atoms with E-state index >= 15 is 0 Å². The molecule has 118 valence electrons. The molecule has 2 N–H and O–H groups in total. The van der Waals surface area contributed by atoms with E-state index in [1.165, 1.54) is 0 Å². The third-order valence-corrected chi connectivity index (χ3v) is 4.05. The normalized spacial score (nSPS) is 18.0. The van der Waals surface area contributed by atoms with Gasteiger partial charge in [-0.1, -0.05) is 13.8 Å². The predicted molar refractivity (Wildman–Crippen MR) is 79.3 cm³/mol. The van der Waals surface area contributed by atoms with E-state index in [-0.39, 0.29) is 18.4 Å². The number of amides is 1. The van der Waals surface area contributed by atoms with Crippen molar-refractivity contribution in [3.8, 4) is 0 Å². The Kier molecular flexibility index (Phi) is 5.00. The number of aliphatic hydroxyl groups excluding tert-OH is 1. The van der Waals surface area contributed by atoms with Crippen LogP contribution in [0, 0.1) is 0 Å². The number of aliphatic hydroxyl groups is 1. The first-order valence-electron chi connectivity index (χ1n) is 7.60. The summed E-state index contributed by atoms with van der Waals surface area (Å²) in [6.45, 7) is 7.76. The molecule has 0 unspecified atom stereocenters. The number of hydrogen-bond acceptors (Lipinski definition) is 4. The van der Waals surface area contributed by atoms with Crippen LogP contribution in [-0.4, -0.2) is 46.2 Å². The minimum atomic E-state index is -0.573. The molecule has 1 aromatic heterocycles. The van der Waals surface area contributed by atoms with Gasteiger partial charge in [-0.05, 0) is 31.7 Å². The van der Waals surface area contributed by atoms with E-state index in [0.717, 1.165) is 5.69 Å². The number of ether oxygens (including phenoxy) is 1. The molecule has 0 spiro atoms. The average molecular weight is 295 g/mol. The lowest BCUT2D eigenvalue weighted by Crippen LogP contribution is -2.54. The molecule has 6 nitrogen and oxygen atoms in total. The van der Waals surface area contributed by atoms with E-state index in [0.29, 0.717) is 38.3 Å². The molecule has 1 aliphatic rings. The maximum atomic E-state index is 12.6. The van der Waals surface area contributed by atoms with E-state index in [9.17, 15) is 9.90 Å². The van der Waals surface area contributed by atoms with E-state index in [1.54, 1.807) is 4.68 Å². The third kappa shape index (κ3) is 3.44. The summed E-state index contributed by atoms with van der Waals surface area (Å²) in [7, 11) is 0. The molecule has 21 heavy (non-hydrogen) atoms. The van der Waals surface area contributed by atoms with Gasteiger partial charge in [0.15, 0.2) is 0 Å². The van der Waals surface area contributed by atoms with Gasteiger partial charge in [-0.15, -0.1) is 0 Å². The summed E-state index contributed by atoms with van der Waals surface area (Å²) in [6, 6.07) is 1.84. The van der Waals surface area contributed by atoms with Gasteiger partial charge >= 0.3 is 0 Å². The fourth-order valence-corrected chi connectivity index (χ4v) is 2.53. The van der Waals surface area contributed by atoms with Crippen LogP contribution in [0.2, 0.25) is 0 Å². The summed E-state index contributed by atoms with van der Waals surface area (Å²) in [5, 5.41) is 17.1. The first-order chi connectivity index (χ1) is 10.0. The first-order valence-corrected chi connectivity index (χ1v) is 7.60. The lowest BCUT2D eigenvalue weighted by atomic mass is 9.91.